The second kappa shape index (κ2) is 6.81. The molecule has 1 aromatic carbocycles. The van der Waals surface area contributed by atoms with E-state index in [0.29, 0.717) is 11.7 Å². The topological polar surface area (TPSA) is 65.8 Å². The number of unbranched alkanes of at least 4 members (excludes halogenated alkanes) is 1. The van der Waals surface area contributed by atoms with Crippen molar-refractivity contribution >= 4 is 44.5 Å². The number of rotatable bonds is 4. The maximum Gasteiger partial charge on any atom is 0.269 e. The molecule has 19 heavy (non-hydrogen) atoms. The summed E-state index contributed by atoms with van der Waals surface area (Å²) in [6.45, 7) is 2.92. The Bertz CT molecular complexity index is 527. The van der Waals surface area contributed by atoms with Gasteiger partial charge in [0.2, 0.25) is 0 Å². The highest BCUT2D eigenvalue weighted by atomic mass is 79.9. The third kappa shape index (κ3) is 4.14. The van der Waals surface area contributed by atoms with Crippen molar-refractivity contribution in [2.75, 3.05) is 11.9 Å². The molecule has 0 saturated carbocycles. The van der Waals surface area contributed by atoms with E-state index in [1.54, 1.807) is 0 Å². The minimum atomic E-state index is -1.52. The van der Waals surface area contributed by atoms with Crippen LogP contribution in [-0.4, -0.2) is 22.4 Å². The van der Waals surface area contributed by atoms with Crippen molar-refractivity contribution in [1.82, 2.24) is 5.32 Å². The minimum Gasteiger partial charge on any atom is -0.366 e. The Morgan fingerprint density at radius 3 is 2.58 bits per heavy atom. The fourth-order valence-electron chi connectivity index (χ4n) is 1.51. The van der Waals surface area contributed by atoms with Crippen molar-refractivity contribution in [3.8, 4) is 0 Å². The van der Waals surface area contributed by atoms with Crippen molar-refractivity contribution in [3.63, 3.8) is 0 Å². The summed E-state index contributed by atoms with van der Waals surface area (Å²) in [5, 5.41) is 6.27. The van der Waals surface area contributed by atoms with E-state index in [9.17, 15) is 4.21 Å². The molecule has 0 saturated heterocycles. The van der Waals surface area contributed by atoms with Crippen LogP contribution in [0.25, 0.3) is 0 Å². The Hall–Kier alpha value is -1.21. The van der Waals surface area contributed by atoms with Gasteiger partial charge >= 0.3 is 0 Å². The molecule has 0 spiro atoms. The zero-order valence-corrected chi connectivity index (χ0v) is 12.9. The predicted octanol–water partition coefficient (Wildman–Crippen LogP) is 2.64. The fourth-order valence-corrected chi connectivity index (χ4v) is 2.42. The molecule has 0 aliphatic carbocycles. The molecule has 0 bridgehead atoms. The molecule has 2 N–H and O–H groups in total. The second-order valence-electron chi connectivity index (χ2n) is 4.02. The quantitative estimate of drug-likeness (QED) is 0.826. The number of benzene rings is 1. The van der Waals surface area contributed by atoms with Gasteiger partial charge in [-0.2, -0.15) is 0 Å². The molecular formula is C12H15BrN4OS. The molecule has 102 valence electrons. The normalized spacial score (nSPS) is 17.9. The average molecular weight is 343 g/mol. The van der Waals surface area contributed by atoms with Crippen LogP contribution < -0.4 is 10.6 Å². The van der Waals surface area contributed by atoms with Crippen LogP contribution in [0.3, 0.4) is 0 Å². The largest absolute Gasteiger partial charge is 0.366 e. The number of halogens is 1. The molecule has 1 atom stereocenters. The third-order valence-electron chi connectivity index (χ3n) is 2.49. The van der Waals surface area contributed by atoms with E-state index in [0.717, 1.165) is 29.5 Å². The van der Waals surface area contributed by atoms with Crippen LogP contribution >= 0.6 is 15.9 Å². The van der Waals surface area contributed by atoms with Crippen molar-refractivity contribution < 1.29 is 4.21 Å². The zero-order valence-electron chi connectivity index (χ0n) is 10.5. The van der Waals surface area contributed by atoms with Crippen LogP contribution in [0.4, 0.5) is 5.69 Å². The van der Waals surface area contributed by atoms with Crippen LogP contribution in [0, 0.1) is 0 Å². The summed E-state index contributed by atoms with van der Waals surface area (Å²) in [5.41, 5.74) is 0.880. The molecule has 1 unspecified atom stereocenters. The van der Waals surface area contributed by atoms with E-state index in [-0.39, 0.29) is 0 Å². The highest BCUT2D eigenvalue weighted by Crippen LogP contribution is 2.15. The van der Waals surface area contributed by atoms with Gasteiger partial charge in [0.05, 0.1) is 0 Å². The summed E-state index contributed by atoms with van der Waals surface area (Å²) in [6.07, 6.45) is 2.13. The smallest absolute Gasteiger partial charge is 0.269 e. The molecule has 5 nitrogen and oxygen atoms in total. The molecule has 2 rings (SSSR count). The summed E-state index contributed by atoms with van der Waals surface area (Å²) in [5.74, 6) is 1.09. The Kier molecular flexibility index (Phi) is 5.09. The van der Waals surface area contributed by atoms with E-state index < -0.39 is 11.2 Å². The maximum atomic E-state index is 11.4. The van der Waals surface area contributed by atoms with Crippen molar-refractivity contribution in [2.45, 2.75) is 19.8 Å². The standard InChI is InChI=1S/C12H15BrN4OS/c1-2-3-8-14-11-12(17-19(18)16-11)15-10-6-4-9(13)5-7-10/h4-7H,2-3,8H2,1H3,(H,14,16)(H,15,17). The molecule has 1 heterocycles. The zero-order chi connectivity index (χ0) is 13.7. The van der Waals surface area contributed by atoms with Crippen LogP contribution in [0.5, 0.6) is 0 Å². The van der Waals surface area contributed by atoms with E-state index in [1.165, 1.54) is 0 Å². The summed E-state index contributed by atoms with van der Waals surface area (Å²) < 4.78 is 20.3. The van der Waals surface area contributed by atoms with Gasteiger partial charge < -0.3 is 10.6 Å². The van der Waals surface area contributed by atoms with Gasteiger partial charge in [0, 0.05) is 16.7 Å². The van der Waals surface area contributed by atoms with Crippen LogP contribution in [-0.2, 0) is 11.2 Å². The van der Waals surface area contributed by atoms with Gasteiger partial charge in [0.25, 0.3) is 11.2 Å². The van der Waals surface area contributed by atoms with Crippen molar-refractivity contribution in [3.05, 3.63) is 28.7 Å². The maximum absolute atomic E-state index is 11.4. The number of nitrogens with one attached hydrogen (secondary N) is 2. The molecule has 0 fully saturated rings. The lowest BCUT2D eigenvalue weighted by Crippen LogP contribution is -2.34. The van der Waals surface area contributed by atoms with Gasteiger partial charge in [-0.25, -0.2) is 4.21 Å². The third-order valence-corrected chi connectivity index (χ3v) is 3.70. The van der Waals surface area contributed by atoms with Crippen molar-refractivity contribution in [1.29, 1.82) is 0 Å². The van der Waals surface area contributed by atoms with Gasteiger partial charge in [-0.3, -0.25) is 0 Å². The number of hydrogen-bond donors (Lipinski definition) is 2. The van der Waals surface area contributed by atoms with Gasteiger partial charge in [-0.05, 0) is 30.7 Å². The predicted molar refractivity (Wildman–Crippen MR) is 83.7 cm³/mol. The highest BCUT2D eigenvalue weighted by molar-refractivity contribution is 9.10. The summed E-state index contributed by atoms with van der Waals surface area (Å²) in [6, 6.07) is 7.68. The van der Waals surface area contributed by atoms with Crippen LogP contribution in [0.2, 0.25) is 0 Å². The van der Waals surface area contributed by atoms with E-state index in [4.69, 9.17) is 0 Å². The molecule has 1 aromatic rings. The Balaban J connectivity index is 2.02. The van der Waals surface area contributed by atoms with Crippen LogP contribution in [0.15, 0.2) is 37.5 Å². The fraction of sp³-hybridized carbons (Fsp3) is 0.333. The highest BCUT2D eigenvalue weighted by Gasteiger charge is 2.18. The second-order valence-corrected chi connectivity index (χ2v) is 5.76. The van der Waals surface area contributed by atoms with Crippen molar-refractivity contribution in [2.24, 2.45) is 8.80 Å². The Labute approximate surface area is 123 Å². The molecule has 1 aliphatic rings. The lowest BCUT2D eigenvalue weighted by molar-refractivity contribution is 0.686. The molecule has 0 radical (unpaired) electrons. The lowest BCUT2D eigenvalue weighted by atomic mass is 10.3. The van der Waals surface area contributed by atoms with Crippen LogP contribution in [0.1, 0.15) is 19.8 Å². The molecule has 1 aliphatic heterocycles. The molecule has 0 amide bonds. The number of anilines is 1. The Morgan fingerprint density at radius 2 is 1.89 bits per heavy atom. The molecule has 7 heteroatoms. The monoisotopic (exact) mass is 342 g/mol. The Morgan fingerprint density at radius 1 is 1.21 bits per heavy atom. The van der Waals surface area contributed by atoms with Gasteiger partial charge in [0.15, 0.2) is 11.7 Å². The average Bonchev–Trinajstić information content (AvgIpc) is 2.73. The van der Waals surface area contributed by atoms with Gasteiger partial charge in [-0.15, -0.1) is 8.80 Å². The van der Waals surface area contributed by atoms with E-state index in [1.807, 2.05) is 24.3 Å². The first-order valence-electron chi connectivity index (χ1n) is 6.05. The summed E-state index contributed by atoms with van der Waals surface area (Å²) >= 11 is 1.85. The molecular weight excluding hydrogens is 328 g/mol. The SMILES string of the molecule is CCCCNC1=NS(=O)N=C1Nc1ccc(Br)cc1. The summed E-state index contributed by atoms with van der Waals surface area (Å²) in [4.78, 5) is 0. The first kappa shape index (κ1) is 14.2. The minimum absolute atomic E-state index is 0.525. The number of amidine groups is 2. The number of hydrogen-bond acceptors (Lipinski definition) is 3. The van der Waals surface area contributed by atoms with Gasteiger partial charge in [-0.1, -0.05) is 29.3 Å². The first-order chi connectivity index (χ1) is 9.19. The van der Waals surface area contributed by atoms with E-state index in [2.05, 4.69) is 42.3 Å². The first-order valence-corrected chi connectivity index (χ1v) is 7.91. The van der Waals surface area contributed by atoms with Gasteiger partial charge in [0.1, 0.15) is 0 Å². The lowest BCUT2D eigenvalue weighted by Gasteiger charge is -2.09. The summed E-state index contributed by atoms with van der Waals surface area (Å²) in [7, 11) is 0. The number of nitrogens with zero attached hydrogens (tertiary/aromatic N) is 2. The van der Waals surface area contributed by atoms with E-state index >= 15 is 0 Å². The molecule has 0 aromatic heterocycles.